The van der Waals surface area contributed by atoms with Crippen LogP contribution in [0.4, 0.5) is 68.2 Å². The van der Waals surface area contributed by atoms with Gasteiger partial charge in [0.25, 0.3) is 38.3 Å². The van der Waals surface area contributed by atoms with Crippen LogP contribution in [0.25, 0.3) is 33.7 Å². The predicted octanol–water partition coefficient (Wildman–Crippen LogP) is 13.9. The number of aryl methyl sites for hydroxylation is 1. The molecule has 11 rings (SSSR count). The third kappa shape index (κ3) is 25.0. The van der Waals surface area contributed by atoms with Crippen LogP contribution in [0.3, 0.4) is 0 Å². The molecule has 0 aliphatic carbocycles. The van der Waals surface area contributed by atoms with Crippen molar-refractivity contribution in [2.45, 2.75) is 29.2 Å². The minimum absolute atomic E-state index is 0.0289. The first-order valence-corrected chi connectivity index (χ1v) is 35.2. The van der Waals surface area contributed by atoms with Gasteiger partial charge in [-0.05, 0) is 151 Å². The van der Waals surface area contributed by atoms with Crippen LogP contribution in [-0.4, -0.2) is 104 Å². The lowest BCUT2D eigenvalue weighted by Gasteiger charge is -2.15. The molecule has 1 aliphatic rings. The number of ether oxygens (including phenoxy) is 1. The zero-order valence-electron chi connectivity index (χ0n) is 53.9. The van der Waals surface area contributed by atoms with E-state index in [-0.39, 0.29) is 22.7 Å². The van der Waals surface area contributed by atoms with Gasteiger partial charge in [0.1, 0.15) is 27.0 Å². The highest BCUT2D eigenvalue weighted by Crippen LogP contribution is 2.39. The number of non-ortho nitro benzene ring substituents is 1. The number of amides is 2. The second-order valence-electron chi connectivity index (χ2n) is 20.8. The molecule has 0 bridgehead atoms. The molecular formula is C65H46N14O23S5. The van der Waals surface area contributed by atoms with E-state index in [0.29, 0.717) is 85.1 Å². The largest absolute Gasteiger partial charge is 0.508 e. The van der Waals surface area contributed by atoms with Crippen LogP contribution in [-0.2, 0) is 71.2 Å². The number of nitrogens with one attached hydrogen (secondary N) is 1. The molecule has 0 spiro atoms. The Morgan fingerprint density at radius 1 is 0.477 bits per heavy atom. The molecule has 10 aromatic rings. The number of piperidine rings is 1. The Kier molecular flexibility index (Phi) is 28.6. The molecule has 1 unspecified atom stereocenters. The number of nitro groups is 1. The Morgan fingerprint density at radius 2 is 0.869 bits per heavy atom. The van der Waals surface area contributed by atoms with Crippen molar-refractivity contribution in [3.8, 4) is 11.5 Å². The molecule has 0 aromatic heterocycles. The highest BCUT2D eigenvalue weighted by Gasteiger charge is 2.34. The van der Waals surface area contributed by atoms with Crippen molar-refractivity contribution in [3.05, 3.63) is 227 Å². The summed E-state index contributed by atoms with van der Waals surface area (Å²) in [6.45, 7) is 2.25. The normalized spacial score (nSPS) is 13.0. The molecule has 0 saturated carbocycles. The summed E-state index contributed by atoms with van der Waals surface area (Å²) in [6, 6.07) is 51.4. The SMILES string of the molecule is Cc1cc(N=Nc2ccc(N=NC3C(=O)CC(=O)NC3=O)c3ccccc23)ccc1N=Nc1ccc(OC=O)cc1.O=S(=O)=O.O=S(=O)=O.O=S(=O)=O.O=[N+]([O-])c1ccc(/C=C/c2ccc(N=Nc3ccc(N=Nc4ccc(N=Nc5ccc(O)cc5)c5ccccc45)c(S(=O)(=O)O)c3)cc2)c(S(=O)(=O)O)c1. The zero-order valence-corrected chi connectivity index (χ0v) is 58.0. The number of carbonyl (C=O) groups excluding carboxylic acids is 4. The lowest BCUT2D eigenvalue weighted by Crippen LogP contribution is -2.48. The maximum absolute atomic E-state index is 12.3. The number of azo groups is 6. The van der Waals surface area contributed by atoms with Gasteiger partial charge in [0.15, 0.2) is 5.78 Å². The number of Topliss-reactive ketones (excluding diaryl/α,β-unsaturated/α-hetero) is 1. The number of imide groups is 1. The monoisotopic (exact) mass is 1550 g/mol. The zero-order chi connectivity index (χ0) is 78.0. The first-order valence-electron chi connectivity index (χ1n) is 29.3. The van der Waals surface area contributed by atoms with Crippen molar-refractivity contribution >= 4 is 178 Å². The third-order valence-electron chi connectivity index (χ3n) is 13.7. The van der Waals surface area contributed by atoms with Crippen molar-refractivity contribution in [3.63, 3.8) is 0 Å². The summed E-state index contributed by atoms with van der Waals surface area (Å²) < 4.78 is 149. The van der Waals surface area contributed by atoms with Crippen molar-refractivity contribution in [1.29, 1.82) is 0 Å². The van der Waals surface area contributed by atoms with E-state index in [1.807, 2.05) is 49.4 Å². The maximum Gasteiger partial charge on any atom is 0.425 e. The lowest BCUT2D eigenvalue weighted by atomic mass is 10.1. The van der Waals surface area contributed by atoms with E-state index in [1.54, 1.807) is 109 Å². The van der Waals surface area contributed by atoms with Crippen LogP contribution in [0.2, 0.25) is 0 Å². The Bertz CT molecular complexity index is 5830. The van der Waals surface area contributed by atoms with Gasteiger partial charge in [0.2, 0.25) is 11.9 Å². The number of aromatic hydroxyl groups is 1. The molecule has 2 amide bonds. The smallest absolute Gasteiger partial charge is 0.425 e. The number of nitrogens with zero attached hydrogens (tertiary/aromatic N) is 13. The number of rotatable bonds is 19. The van der Waals surface area contributed by atoms with Crippen LogP contribution in [0, 0.1) is 17.0 Å². The topological polar surface area (TPSA) is 564 Å². The number of phenols is 1. The Morgan fingerprint density at radius 3 is 1.34 bits per heavy atom. The van der Waals surface area contributed by atoms with Gasteiger partial charge in [-0.25, -0.2) is 0 Å². The molecule has 37 nitrogen and oxygen atoms in total. The first-order chi connectivity index (χ1) is 50.8. The van der Waals surface area contributed by atoms with E-state index >= 15 is 0 Å². The van der Waals surface area contributed by atoms with Crippen molar-refractivity contribution in [1.82, 2.24) is 5.32 Å². The molecule has 1 aliphatic heterocycles. The van der Waals surface area contributed by atoms with Crippen molar-refractivity contribution in [2.24, 2.45) is 61.4 Å². The molecule has 10 aromatic carbocycles. The van der Waals surface area contributed by atoms with E-state index in [2.05, 4.69) is 66.7 Å². The molecule has 1 saturated heterocycles. The molecule has 544 valence electrons. The molecule has 4 N–H and O–H groups in total. The van der Waals surface area contributed by atoms with Crippen molar-refractivity contribution < 1.29 is 97.8 Å². The third-order valence-corrected chi connectivity index (χ3v) is 15.5. The quantitative estimate of drug-likeness (QED) is 0.00853. The van der Waals surface area contributed by atoms with Crippen LogP contribution < -0.4 is 10.1 Å². The lowest BCUT2D eigenvalue weighted by molar-refractivity contribution is -0.385. The molecular weight excluding hydrogens is 1510 g/mol. The van der Waals surface area contributed by atoms with E-state index in [9.17, 15) is 60.3 Å². The number of fused-ring (bicyclic) bond motifs is 2. The van der Waals surface area contributed by atoms with E-state index in [1.165, 1.54) is 42.5 Å². The van der Waals surface area contributed by atoms with Crippen LogP contribution in [0.1, 0.15) is 23.1 Å². The summed E-state index contributed by atoms with van der Waals surface area (Å²) in [4.78, 5) is 54.9. The second-order valence-corrected chi connectivity index (χ2v) is 24.8. The number of carbonyl (C=O) groups is 4. The fourth-order valence-electron chi connectivity index (χ4n) is 9.00. The Balaban J connectivity index is 0.000000266. The van der Waals surface area contributed by atoms with Gasteiger partial charge in [-0.1, -0.05) is 72.8 Å². The van der Waals surface area contributed by atoms with Gasteiger partial charge in [-0.2, -0.15) is 57.7 Å². The minimum atomic E-state index is -4.78. The number of nitro benzene ring substituents is 1. The highest BCUT2D eigenvalue weighted by molar-refractivity contribution is 7.86. The number of phenolic OH excluding ortho intramolecular Hbond substituents is 1. The summed E-state index contributed by atoms with van der Waals surface area (Å²) in [6.07, 6.45) is 2.47. The van der Waals surface area contributed by atoms with Gasteiger partial charge < -0.3 is 9.84 Å². The van der Waals surface area contributed by atoms with Gasteiger partial charge in [0.05, 0.1) is 68.2 Å². The number of ketones is 1. The van der Waals surface area contributed by atoms with Crippen LogP contribution in [0.5, 0.6) is 11.5 Å². The molecule has 107 heavy (non-hydrogen) atoms. The fourth-order valence-corrected chi connectivity index (χ4v) is 10.3. The van der Waals surface area contributed by atoms with Crippen LogP contribution in [0.15, 0.2) is 271 Å². The standard InChI is InChI=1S/C36H25N7O9S2.C29H21N7O5.3O3S/c44-29-16-12-26(13-17-29)38-40-32-19-20-33(31-4-2-1-3-30(31)32)41-42-34-18-14-27(21-36(34)54(50,51)52)39-37-25-10-6-23(7-11-25)5-8-24-9-15-28(43(45)46)22-35(24)53(47,48)49;1-17-14-19(8-11-23(17)33-31-18-6-9-20(10-7-18)41-16-37)32-34-24-12-13-25(22-5-3-2-4-21(22)24)35-36-28-26(38)15-27(39)30-29(28)40;3*1-4(2)3/h1-22,44H,(H,47,48,49)(H,50,51,52);2-14,16,28H,15H2,1H3,(H,30,39,40);;;/b8-5+,39-37?,40-38?,42-41?;;;;. The van der Waals surface area contributed by atoms with Gasteiger partial charge in [-0.15, -0.1) is 58.3 Å². The summed E-state index contributed by atoms with van der Waals surface area (Å²) in [5.41, 5.74) is 5.59. The van der Waals surface area contributed by atoms with Gasteiger partial charge in [-0.3, -0.25) is 43.7 Å². The van der Waals surface area contributed by atoms with E-state index in [0.717, 1.165) is 29.1 Å². The summed E-state index contributed by atoms with van der Waals surface area (Å²) in [7, 11) is -18.9. The van der Waals surface area contributed by atoms with Crippen LogP contribution >= 0.6 is 0 Å². The molecule has 1 fully saturated rings. The summed E-state index contributed by atoms with van der Waals surface area (Å²) >= 11 is 0. The number of hydrogen-bond donors (Lipinski definition) is 4. The highest BCUT2D eigenvalue weighted by atomic mass is 32.2. The average Bonchev–Trinajstić information content (AvgIpc) is 0.810. The van der Waals surface area contributed by atoms with E-state index < -0.39 is 103 Å². The number of benzene rings is 10. The minimum Gasteiger partial charge on any atom is -0.508 e. The van der Waals surface area contributed by atoms with Gasteiger partial charge in [0, 0.05) is 33.7 Å². The van der Waals surface area contributed by atoms with Gasteiger partial charge >= 0.3 is 31.8 Å². The summed E-state index contributed by atoms with van der Waals surface area (Å²) in [5, 5.41) is 75.8. The number of hydrogen-bond acceptors (Lipinski definition) is 33. The maximum atomic E-state index is 12.3. The fraction of sp³-hybridized carbons (Fsp3) is 0.0462. The average molecular weight is 1550 g/mol. The van der Waals surface area contributed by atoms with E-state index in [4.69, 9.17) is 42.6 Å². The predicted molar refractivity (Wildman–Crippen MR) is 376 cm³/mol. The Hall–Kier alpha value is -13.8. The molecule has 0 radical (unpaired) electrons. The molecule has 42 heteroatoms. The van der Waals surface area contributed by atoms with Crippen molar-refractivity contribution in [2.75, 3.05) is 0 Å². The molecule has 1 atom stereocenters. The molecule has 1 heterocycles. The Labute approximate surface area is 606 Å². The first kappa shape index (κ1) is 80.5. The second kappa shape index (κ2) is 37.9. The summed E-state index contributed by atoms with van der Waals surface area (Å²) in [5.74, 6) is -1.50.